The number of piperazine rings is 1. The van der Waals surface area contributed by atoms with Crippen LogP contribution in [0.1, 0.15) is 25.5 Å². The lowest BCUT2D eigenvalue weighted by Gasteiger charge is -2.38. The Morgan fingerprint density at radius 2 is 1.79 bits per heavy atom. The molecule has 39 heavy (non-hydrogen) atoms. The molecule has 1 fully saturated rings. The van der Waals surface area contributed by atoms with Crippen molar-refractivity contribution in [1.29, 1.82) is 0 Å². The molecular weight excluding hydrogens is 561 g/mol. The zero-order valence-electron chi connectivity index (χ0n) is 21.7. The van der Waals surface area contributed by atoms with E-state index in [4.69, 9.17) is 11.6 Å². The Morgan fingerprint density at radius 1 is 1.13 bits per heavy atom. The lowest BCUT2D eigenvalue weighted by molar-refractivity contribution is -0.137. The summed E-state index contributed by atoms with van der Waals surface area (Å²) in [6.07, 6.45) is -4.89. The SMILES string of the molecule is C[C@@H]1CN(c2nc(=O)n3c4c(c(-c5cc(Cl)c(F)cc5F)c(C(F)(F)F)cc24)SC[C@@H]3CN(C)C)C[C@H](C)N1. The minimum atomic E-state index is -4.89. The zero-order chi connectivity index (χ0) is 28.4. The number of benzene rings is 2. The maximum Gasteiger partial charge on any atom is 0.417 e. The number of aromatic nitrogens is 2. The van der Waals surface area contributed by atoms with Gasteiger partial charge >= 0.3 is 11.9 Å². The fourth-order valence-corrected chi connectivity index (χ4v) is 7.08. The van der Waals surface area contributed by atoms with Crippen molar-refractivity contribution in [1.82, 2.24) is 19.8 Å². The van der Waals surface area contributed by atoms with Gasteiger partial charge in [-0.2, -0.15) is 18.2 Å². The molecule has 3 atom stereocenters. The largest absolute Gasteiger partial charge is 0.417 e. The quantitative estimate of drug-likeness (QED) is 0.326. The van der Waals surface area contributed by atoms with Gasteiger partial charge in [0.1, 0.15) is 17.5 Å². The van der Waals surface area contributed by atoms with E-state index in [1.807, 2.05) is 37.7 Å². The van der Waals surface area contributed by atoms with E-state index >= 15 is 4.39 Å². The fraction of sp³-hybridized carbons (Fsp3) is 0.462. The first-order valence-corrected chi connectivity index (χ1v) is 13.8. The van der Waals surface area contributed by atoms with Crippen LogP contribution in [0.4, 0.5) is 27.8 Å². The number of thioether (sulfide) groups is 1. The highest BCUT2D eigenvalue weighted by atomic mass is 35.5. The van der Waals surface area contributed by atoms with Gasteiger partial charge in [0.15, 0.2) is 0 Å². The first kappa shape index (κ1) is 28.1. The number of hydrogen-bond acceptors (Lipinski definition) is 6. The maximum atomic E-state index is 15.1. The number of alkyl halides is 3. The van der Waals surface area contributed by atoms with Crippen molar-refractivity contribution in [3.05, 3.63) is 50.9 Å². The molecule has 210 valence electrons. The highest BCUT2D eigenvalue weighted by Gasteiger charge is 2.40. The summed E-state index contributed by atoms with van der Waals surface area (Å²) in [5.41, 5.74) is -2.38. The van der Waals surface area contributed by atoms with Crippen molar-refractivity contribution in [3.63, 3.8) is 0 Å². The summed E-state index contributed by atoms with van der Waals surface area (Å²) in [4.78, 5) is 21.7. The van der Waals surface area contributed by atoms with Crippen molar-refractivity contribution in [2.24, 2.45) is 0 Å². The molecule has 0 amide bonds. The molecule has 1 saturated heterocycles. The summed E-state index contributed by atoms with van der Waals surface area (Å²) < 4.78 is 74.6. The normalized spacial score (nSPS) is 21.7. The number of likely N-dealkylation sites (N-methyl/N-ethyl adjacent to an activating group) is 1. The third-order valence-corrected chi connectivity index (χ3v) is 8.47. The second kappa shape index (κ2) is 10.2. The molecule has 0 spiro atoms. The van der Waals surface area contributed by atoms with E-state index in [0.29, 0.717) is 25.7 Å². The van der Waals surface area contributed by atoms with Crippen LogP contribution in [0.2, 0.25) is 5.02 Å². The van der Waals surface area contributed by atoms with Gasteiger partial charge in [-0.3, -0.25) is 4.57 Å². The molecule has 0 saturated carbocycles. The van der Waals surface area contributed by atoms with Crippen LogP contribution in [0.3, 0.4) is 0 Å². The summed E-state index contributed by atoms with van der Waals surface area (Å²) in [7, 11) is 3.67. The van der Waals surface area contributed by atoms with Gasteiger partial charge in [0.05, 0.1) is 22.1 Å². The van der Waals surface area contributed by atoms with Crippen molar-refractivity contribution in [3.8, 4) is 11.1 Å². The molecule has 0 bridgehead atoms. The molecule has 0 aliphatic carbocycles. The fourth-order valence-electron chi connectivity index (χ4n) is 5.59. The zero-order valence-corrected chi connectivity index (χ0v) is 23.2. The van der Waals surface area contributed by atoms with Gasteiger partial charge in [0.2, 0.25) is 0 Å². The van der Waals surface area contributed by atoms with E-state index in [1.165, 1.54) is 4.57 Å². The maximum absolute atomic E-state index is 15.1. The van der Waals surface area contributed by atoms with E-state index in [0.717, 1.165) is 23.9 Å². The van der Waals surface area contributed by atoms with Gasteiger partial charge in [0.25, 0.3) is 0 Å². The molecule has 2 aromatic carbocycles. The van der Waals surface area contributed by atoms with Crippen molar-refractivity contribution in [2.45, 2.75) is 43.0 Å². The van der Waals surface area contributed by atoms with Gasteiger partial charge in [0, 0.05) is 64.9 Å². The average Bonchev–Trinajstić information content (AvgIpc) is 2.82. The van der Waals surface area contributed by atoms with Crippen molar-refractivity contribution < 1.29 is 22.0 Å². The third kappa shape index (κ3) is 5.12. The molecule has 2 aliphatic rings. The molecular formula is C26H27ClF5N5OS. The topological polar surface area (TPSA) is 53.4 Å². The molecule has 1 N–H and O–H groups in total. The lowest BCUT2D eigenvalue weighted by Crippen LogP contribution is -2.55. The van der Waals surface area contributed by atoms with Crippen LogP contribution in [-0.4, -0.2) is 66.0 Å². The van der Waals surface area contributed by atoms with Crippen LogP contribution in [0.15, 0.2) is 27.9 Å². The predicted octanol–water partition coefficient (Wildman–Crippen LogP) is 5.41. The number of rotatable bonds is 4. The Kier molecular flexibility index (Phi) is 7.36. The van der Waals surface area contributed by atoms with Gasteiger partial charge < -0.3 is 15.1 Å². The first-order valence-electron chi connectivity index (χ1n) is 12.4. The van der Waals surface area contributed by atoms with Crippen LogP contribution in [0, 0.1) is 11.6 Å². The number of hydrogen-bond donors (Lipinski definition) is 1. The summed E-state index contributed by atoms with van der Waals surface area (Å²) >= 11 is 7.03. The van der Waals surface area contributed by atoms with E-state index < -0.39 is 45.2 Å². The lowest BCUT2D eigenvalue weighted by atomic mass is 9.95. The predicted molar refractivity (Wildman–Crippen MR) is 144 cm³/mol. The van der Waals surface area contributed by atoms with Crippen molar-refractivity contribution in [2.75, 3.05) is 44.4 Å². The number of nitrogens with one attached hydrogen (secondary N) is 1. The van der Waals surface area contributed by atoms with Gasteiger partial charge in [-0.15, -0.1) is 11.8 Å². The molecule has 1 aromatic heterocycles. The van der Waals surface area contributed by atoms with E-state index in [1.54, 1.807) is 0 Å². The van der Waals surface area contributed by atoms with Crippen LogP contribution >= 0.6 is 23.4 Å². The average molecular weight is 588 g/mol. The standard InChI is InChI=1S/C26H27ClF5N5OS/c1-12-8-36(9-13(2)33-12)24-16-5-17(26(30,31)32)21(15-6-18(27)20(29)7-19(15)28)23-22(16)37(25(38)34-24)14(11-39-23)10-35(3)4/h5-7,12-14,33H,8-11H2,1-4H3/t12-,13+,14-/m0/s1. The Balaban J connectivity index is 1.92. The second-order valence-corrected chi connectivity index (χ2v) is 11.9. The molecule has 6 nitrogen and oxygen atoms in total. The summed E-state index contributed by atoms with van der Waals surface area (Å²) in [5.74, 6) is -1.84. The van der Waals surface area contributed by atoms with Crippen LogP contribution in [0.25, 0.3) is 22.0 Å². The molecule has 0 radical (unpaired) electrons. The number of nitrogens with zero attached hydrogens (tertiary/aromatic N) is 4. The summed E-state index contributed by atoms with van der Waals surface area (Å²) in [6.45, 7) is 5.21. The van der Waals surface area contributed by atoms with Crippen LogP contribution in [0.5, 0.6) is 0 Å². The molecule has 3 aromatic rings. The molecule has 3 heterocycles. The van der Waals surface area contributed by atoms with E-state index in [9.17, 15) is 22.4 Å². The minimum absolute atomic E-state index is 0.00749. The summed E-state index contributed by atoms with van der Waals surface area (Å²) in [6, 6.07) is 1.92. The molecule has 13 heteroatoms. The first-order chi connectivity index (χ1) is 18.3. The third-order valence-electron chi connectivity index (χ3n) is 6.95. The molecule has 0 unspecified atom stereocenters. The Bertz CT molecular complexity index is 1500. The van der Waals surface area contributed by atoms with Gasteiger partial charge in [-0.05, 0) is 40.1 Å². The van der Waals surface area contributed by atoms with E-state index in [2.05, 4.69) is 10.3 Å². The number of anilines is 1. The highest BCUT2D eigenvalue weighted by Crippen LogP contribution is 2.50. The van der Waals surface area contributed by atoms with E-state index in [-0.39, 0.29) is 45.5 Å². The smallest absolute Gasteiger partial charge is 0.353 e. The summed E-state index contributed by atoms with van der Waals surface area (Å²) in [5, 5.41) is 3.02. The van der Waals surface area contributed by atoms with Crippen LogP contribution in [-0.2, 0) is 6.18 Å². The monoisotopic (exact) mass is 587 g/mol. The Morgan fingerprint density at radius 3 is 2.41 bits per heavy atom. The molecule has 2 aliphatic heterocycles. The minimum Gasteiger partial charge on any atom is -0.353 e. The van der Waals surface area contributed by atoms with Crippen molar-refractivity contribution >= 4 is 40.1 Å². The highest BCUT2D eigenvalue weighted by molar-refractivity contribution is 7.99. The van der Waals surface area contributed by atoms with Gasteiger partial charge in [-0.25, -0.2) is 13.6 Å². The second-order valence-electron chi connectivity index (χ2n) is 10.5. The Labute approximate surface area is 231 Å². The number of halogens is 6. The van der Waals surface area contributed by atoms with Crippen LogP contribution < -0.4 is 15.9 Å². The Hall–Kier alpha value is -2.41. The molecule has 5 rings (SSSR count). The van der Waals surface area contributed by atoms with Gasteiger partial charge in [-0.1, -0.05) is 11.6 Å².